The van der Waals surface area contributed by atoms with Crippen LogP contribution in [0.5, 0.6) is 0 Å². The molecule has 1 spiro atoms. The van der Waals surface area contributed by atoms with Crippen LogP contribution in [-0.2, 0) is 9.59 Å². The first kappa shape index (κ1) is 10.6. The van der Waals surface area contributed by atoms with Crippen LogP contribution in [0.1, 0.15) is 32.6 Å². The van der Waals surface area contributed by atoms with Crippen molar-refractivity contribution in [1.29, 1.82) is 0 Å². The van der Waals surface area contributed by atoms with Gasteiger partial charge in [-0.15, -0.1) is 0 Å². The van der Waals surface area contributed by atoms with Gasteiger partial charge in [-0.3, -0.25) is 14.9 Å². The van der Waals surface area contributed by atoms with E-state index in [9.17, 15) is 9.59 Å². The van der Waals surface area contributed by atoms with Gasteiger partial charge < -0.3 is 4.90 Å². The van der Waals surface area contributed by atoms with Crippen LogP contribution in [0.2, 0.25) is 0 Å². The van der Waals surface area contributed by atoms with Crippen molar-refractivity contribution >= 4 is 11.8 Å². The highest BCUT2D eigenvalue weighted by atomic mass is 16.2. The minimum absolute atomic E-state index is 0.0383. The summed E-state index contributed by atoms with van der Waals surface area (Å²) in [5.41, 5.74) is -0.360. The SMILES string of the molecule is CCCN1CCC2(CC1)CC(=O)NC2=O. The first-order valence-corrected chi connectivity index (χ1v) is 5.73. The summed E-state index contributed by atoms with van der Waals surface area (Å²) in [4.78, 5) is 25.2. The van der Waals surface area contributed by atoms with Gasteiger partial charge in [0.15, 0.2) is 0 Å². The Morgan fingerprint density at radius 3 is 2.47 bits per heavy atom. The molecule has 2 aliphatic heterocycles. The number of carbonyl (C=O) groups is 2. The molecule has 15 heavy (non-hydrogen) atoms. The molecule has 84 valence electrons. The lowest BCUT2D eigenvalue weighted by molar-refractivity contribution is -0.130. The van der Waals surface area contributed by atoms with Crippen molar-refractivity contribution in [2.24, 2.45) is 5.41 Å². The smallest absolute Gasteiger partial charge is 0.233 e. The number of rotatable bonds is 2. The fourth-order valence-electron chi connectivity index (χ4n) is 2.62. The number of hydrogen-bond acceptors (Lipinski definition) is 3. The predicted molar refractivity (Wildman–Crippen MR) is 56.2 cm³/mol. The van der Waals surface area contributed by atoms with E-state index in [0.29, 0.717) is 6.42 Å². The number of carbonyl (C=O) groups excluding carboxylic acids is 2. The average molecular weight is 210 g/mol. The van der Waals surface area contributed by atoms with Crippen LogP contribution in [-0.4, -0.2) is 36.3 Å². The molecule has 2 amide bonds. The molecule has 0 bridgehead atoms. The standard InChI is InChI=1S/C11H18N2O2/c1-2-5-13-6-3-11(4-7-13)8-9(14)12-10(11)15/h2-8H2,1H3,(H,12,14,15). The minimum atomic E-state index is -0.360. The van der Waals surface area contributed by atoms with Crippen LogP contribution in [0.25, 0.3) is 0 Å². The Hall–Kier alpha value is -0.900. The van der Waals surface area contributed by atoms with Crippen LogP contribution in [0.15, 0.2) is 0 Å². The highest BCUT2D eigenvalue weighted by Gasteiger charge is 2.47. The molecule has 0 aromatic heterocycles. The van der Waals surface area contributed by atoms with Crippen LogP contribution in [0.3, 0.4) is 0 Å². The number of hydrogen-bond donors (Lipinski definition) is 1. The Kier molecular flexibility index (Phi) is 2.78. The molecule has 2 saturated heterocycles. The van der Waals surface area contributed by atoms with E-state index in [1.807, 2.05) is 0 Å². The average Bonchev–Trinajstić information content (AvgIpc) is 2.47. The lowest BCUT2D eigenvalue weighted by Gasteiger charge is -2.36. The van der Waals surface area contributed by atoms with Crippen molar-refractivity contribution in [2.75, 3.05) is 19.6 Å². The maximum Gasteiger partial charge on any atom is 0.233 e. The second kappa shape index (κ2) is 3.93. The lowest BCUT2D eigenvalue weighted by Crippen LogP contribution is -2.44. The normalized spacial score (nSPS) is 25.9. The molecule has 2 aliphatic rings. The van der Waals surface area contributed by atoms with E-state index in [-0.39, 0.29) is 17.2 Å². The van der Waals surface area contributed by atoms with Gasteiger partial charge in [0.05, 0.1) is 5.41 Å². The van der Waals surface area contributed by atoms with Gasteiger partial charge in [-0.25, -0.2) is 0 Å². The molecule has 2 heterocycles. The molecule has 0 radical (unpaired) electrons. The van der Waals surface area contributed by atoms with Gasteiger partial charge in [-0.05, 0) is 38.9 Å². The molecule has 2 fully saturated rings. The maximum atomic E-state index is 11.7. The Morgan fingerprint density at radius 1 is 1.33 bits per heavy atom. The monoisotopic (exact) mass is 210 g/mol. The third kappa shape index (κ3) is 1.91. The van der Waals surface area contributed by atoms with E-state index in [2.05, 4.69) is 17.1 Å². The van der Waals surface area contributed by atoms with Gasteiger partial charge in [-0.2, -0.15) is 0 Å². The molecule has 4 nitrogen and oxygen atoms in total. The van der Waals surface area contributed by atoms with Crippen LogP contribution >= 0.6 is 0 Å². The predicted octanol–water partition coefficient (Wildman–Crippen LogP) is 0.525. The molecule has 1 N–H and O–H groups in total. The summed E-state index contributed by atoms with van der Waals surface area (Å²) >= 11 is 0. The summed E-state index contributed by atoms with van der Waals surface area (Å²) < 4.78 is 0. The van der Waals surface area contributed by atoms with Crippen molar-refractivity contribution in [2.45, 2.75) is 32.6 Å². The second-order valence-corrected chi connectivity index (χ2v) is 4.68. The van der Waals surface area contributed by atoms with Gasteiger partial charge in [0.1, 0.15) is 0 Å². The van der Waals surface area contributed by atoms with Gasteiger partial charge in [0.2, 0.25) is 11.8 Å². The molecule has 0 saturated carbocycles. The number of amides is 2. The molecule has 0 atom stereocenters. The van der Waals surface area contributed by atoms with E-state index >= 15 is 0 Å². The van der Waals surface area contributed by atoms with Gasteiger partial charge in [0.25, 0.3) is 0 Å². The molecular formula is C11H18N2O2. The highest BCUT2D eigenvalue weighted by molar-refractivity contribution is 6.05. The summed E-state index contributed by atoms with van der Waals surface area (Å²) in [5.74, 6) is -0.132. The minimum Gasteiger partial charge on any atom is -0.303 e. The van der Waals surface area contributed by atoms with Crippen molar-refractivity contribution in [3.63, 3.8) is 0 Å². The van der Waals surface area contributed by atoms with Gasteiger partial charge in [0, 0.05) is 6.42 Å². The van der Waals surface area contributed by atoms with Crippen LogP contribution in [0, 0.1) is 5.41 Å². The largest absolute Gasteiger partial charge is 0.303 e. The topological polar surface area (TPSA) is 49.4 Å². The zero-order valence-electron chi connectivity index (χ0n) is 9.21. The molecule has 0 unspecified atom stereocenters. The number of nitrogens with zero attached hydrogens (tertiary/aromatic N) is 1. The van der Waals surface area contributed by atoms with E-state index in [4.69, 9.17) is 0 Å². The summed E-state index contributed by atoms with van der Waals surface area (Å²) in [7, 11) is 0. The van der Waals surface area contributed by atoms with E-state index in [1.54, 1.807) is 0 Å². The third-order valence-corrected chi connectivity index (χ3v) is 3.59. The molecule has 4 heteroatoms. The maximum absolute atomic E-state index is 11.7. The van der Waals surface area contributed by atoms with Crippen molar-refractivity contribution in [3.05, 3.63) is 0 Å². The molecular weight excluding hydrogens is 192 g/mol. The summed E-state index contributed by atoms with van der Waals surface area (Å²) in [6.45, 7) is 5.17. The fourth-order valence-corrected chi connectivity index (χ4v) is 2.62. The summed E-state index contributed by atoms with van der Waals surface area (Å²) in [6.07, 6.45) is 3.24. The Morgan fingerprint density at radius 2 is 2.00 bits per heavy atom. The third-order valence-electron chi connectivity index (χ3n) is 3.59. The molecule has 0 aliphatic carbocycles. The summed E-state index contributed by atoms with van der Waals surface area (Å²) in [6, 6.07) is 0. The van der Waals surface area contributed by atoms with Gasteiger partial charge >= 0.3 is 0 Å². The van der Waals surface area contributed by atoms with E-state index < -0.39 is 0 Å². The number of likely N-dealkylation sites (tertiary alicyclic amines) is 1. The molecule has 0 aromatic carbocycles. The fraction of sp³-hybridized carbons (Fsp3) is 0.818. The Balaban J connectivity index is 1.97. The first-order chi connectivity index (χ1) is 7.16. The lowest BCUT2D eigenvalue weighted by atomic mass is 9.77. The second-order valence-electron chi connectivity index (χ2n) is 4.68. The zero-order chi connectivity index (χ0) is 10.9. The van der Waals surface area contributed by atoms with Crippen molar-refractivity contribution in [3.8, 4) is 0 Å². The van der Waals surface area contributed by atoms with Gasteiger partial charge in [-0.1, -0.05) is 6.92 Å². The number of piperidine rings is 1. The zero-order valence-corrected chi connectivity index (χ0v) is 9.21. The van der Waals surface area contributed by atoms with Crippen LogP contribution in [0.4, 0.5) is 0 Å². The number of nitrogens with one attached hydrogen (secondary N) is 1. The first-order valence-electron chi connectivity index (χ1n) is 5.73. The Bertz CT molecular complexity index is 280. The summed E-state index contributed by atoms with van der Waals surface area (Å²) in [5, 5.41) is 2.43. The van der Waals surface area contributed by atoms with Crippen molar-refractivity contribution in [1.82, 2.24) is 10.2 Å². The molecule has 0 aromatic rings. The molecule has 2 rings (SSSR count). The van der Waals surface area contributed by atoms with Crippen LogP contribution < -0.4 is 5.32 Å². The highest BCUT2D eigenvalue weighted by Crippen LogP contribution is 2.38. The Labute approximate surface area is 90.0 Å². The quantitative estimate of drug-likeness (QED) is 0.676. The van der Waals surface area contributed by atoms with Crippen molar-refractivity contribution < 1.29 is 9.59 Å². The van der Waals surface area contributed by atoms with E-state index in [1.165, 1.54) is 0 Å². The van der Waals surface area contributed by atoms with E-state index in [0.717, 1.165) is 38.9 Å². The number of imide groups is 1.